The van der Waals surface area contributed by atoms with E-state index in [-0.39, 0.29) is 5.91 Å². The van der Waals surface area contributed by atoms with E-state index in [0.717, 1.165) is 16.1 Å². The van der Waals surface area contributed by atoms with Crippen LogP contribution in [0.3, 0.4) is 0 Å². The second-order valence-corrected chi connectivity index (χ2v) is 5.05. The Kier molecular flexibility index (Phi) is 4.68. The SMILES string of the molecule is COCc1ccccc1NC(=O)C(N)c1cccs1. The summed E-state index contributed by atoms with van der Waals surface area (Å²) in [7, 11) is 1.62. The molecule has 3 N–H and O–H groups in total. The molecule has 0 spiro atoms. The van der Waals surface area contributed by atoms with Crippen LogP contribution >= 0.6 is 11.3 Å². The molecule has 0 aliphatic carbocycles. The van der Waals surface area contributed by atoms with Gasteiger partial charge in [0, 0.05) is 23.2 Å². The van der Waals surface area contributed by atoms with Crippen molar-refractivity contribution in [2.75, 3.05) is 12.4 Å². The monoisotopic (exact) mass is 276 g/mol. The summed E-state index contributed by atoms with van der Waals surface area (Å²) in [6.45, 7) is 0.449. The standard InChI is InChI=1S/C14H16N2O2S/c1-18-9-10-5-2-3-6-11(10)16-14(17)13(15)12-7-4-8-19-12/h2-8,13H,9,15H2,1H3,(H,16,17). The third-order valence-electron chi connectivity index (χ3n) is 2.71. The first kappa shape index (κ1) is 13.7. The van der Waals surface area contributed by atoms with E-state index in [4.69, 9.17) is 10.5 Å². The molecule has 1 heterocycles. The predicted octanol–water partition coefficient (Wildman–Crippen LogP) is 2.53. The molecule has 19 heavy (non-hydrogen) atoms. The maximum atomic E-state index is 12.1. The molecule has 0 saturated carbocycles. The number of benzene rings is 1. The number of nitrogens with one attached hydrogen (secondary N) is 1. The van der Waals surface area contributed by atoms with E-state index in [2.05, 4.69) is 5.32 Å². The van der Waals surface area contributed by atoms with Crippen molar-refractivity contribution in [3.63, 3.8) is 0 Å². The number of nitrogens with two attached hydrogens (primary N) is 1. The van der Waals surface area contributed by atoms with Gasteiger partial charge in [-0.15, -0.1) is 11.3 Å². The molecule has 1 aromatic heterocycles. The molecule has 0 saturated heterocycles. The van der Waals surface area contributed by atoms with Crippen molar-refractivity contribution < 1.29 is 9.53 Å². The van der Waals surface area contributed by atoms with Gasteiger partial charge in [-0.1, -0.05) is 24.3 Å². The molecule has 1 aromatic carbocycles. The lowest BCUT2D eigenvalue weighted by Crippen LogP contribution is -2.27. The number of thiophene rings is 1. The lowest BCUT2D eigenvalue weighted by atomic mass is 10.1. The number of anilines is 1. The molecule has 1 unspecified atom stereocenters. The van der Waals surface area contributed by atoms with Gasteiger partial charge in [-0.25, -0.2) is 0 Å². The number of carbonyl (C=O) groups excluding carboxylic acids is 1. The number of methoxy groups -OCH3 is 1. The molecule has 100 valence electrons. The maximum Gasteiger partial charge on any atom is 0.246 e. The van der Waals surface area contributed by atoms with Crippen LogP contribution in [-0.2, 0) is 16.1 Å². The summed E-state index contributed by atoms with van der Waals surface area (Å²) in [6.07, 6.45) is 0. The average molecular weight is 276 g/mol. The van der Waals surface area contributed by atoms with Crippen LogP contribution in [0.2, 0.25) is 0 Å². The minimum atomic E-state index is -0.643. The fourth-order valence-electron chi connectivity index (χ4n) is 1.73. The number of hydrogen-bond donors (Lipinski definition) is 2. The fourth-order valence-corrected chi connectivity index (χ4v) is 2.46. The van der Waals surface area contributed by atoms with Crippen molar-refractivity contribution in [3.8, 4) is 0 Å². The minimum absolute atomic E-state index is 0.217. The van der Waals surface area contributed by atoms with Gasteiger partial charge in [0.2, 0.25) is 5.91 Å². The Bertz CT molecular complexity index is 540. The summed E-state index contributed by atoms with van der Waals surface area (Å²) in [5.74, 6) is -0.217. The Balaban J connectivity index is 2.10. The second-order valence-electron chi connectivity index (χ2n) is 4.07. The highest BCUT2D eigenvalue weighted by atomic mass is 32.1. The largest absolute Gasteiger partial charge is 0.380 e. The first-order chi connectivity index (χ1) is 9.22. The summed E-state index contributed by atoms with van der Waals surface area (Å²) in [5, 5.41) is 4.75. The highest BCUT2D eigenvalue weighted by Gasteiger charge is 2.17. The van der Waals surface area contributed by atoms with Crippen LogP contribution in [0.5, 0.6) is 0 Å². The number of ether oxygens (including phenoxy) is 1. The molecule has 0 radical (unpaired) electrons. The molecule has 0 aliphatic heterocycles. The third-order valence-corrected chi connectivity index (χ3v) is 3.66. The van der Waals surface area contributed by atoms with E-state index in [1.54, 1.807) is 7.11 Å². The highest BCUT2D eigenvalue weighted by molar-refractivity contribution is 7.10. The van der Waals surface area contributed by atoms with E-state index in [0.29, 0.717) is 6.61 Å². The van der Waals surface area contributed by atoms with E-state index in [9.17, 15) is 4.79 Å². The highest BCUT2D eigenvalue weighted by Crippen LogP contribution is 2.21. The van der Waals surface area contributed by atoms with Crippen molar-refractivity contribution in [1.82, 2.24) is 0 Å². The van der Waals surface area contributed by atoms with Crippen LogP contribution in [-0.4, -0.2) is 13.0 Å². The zero-order valence-electron chi connectivity index (χ0n) is 10.6. The quantitative estimate of drug-likeness (QED) is 0.882. The fraction of sp³-hybridized carbons (Fsp3) is 0.214. The molecular formula is C14H16N2O2S. The minimum Gasteiger partial charge on any atom is -0.380 e. The molecule has 1 amide bonds. The number of carbonyl (C=O) groups is 1. The van der Waals surface area contributed by atoms with Crippen molar-refractivity contribution >= 4 is 22.9 Å². The Morgan fingerprint density at radius 2 is 2.16 bits per heavy atom. The van der Waals surface area contributed by atoms with Gasteiger partial charge in [0.25, 0.3) is 0 Å². The van der Waals surface area contributed by atoms with Crippen LogP contribution in [0, 0.1) is 0 Å². The zero-order chi connectivity index (χ0) is 13.7. The lowest BCUT2D eigenvalue weighted by molar-refractivity contribution is -0.117. The van der Waals surface area contributed by atoms with Gasteiger partial charge >= 0.3 is 0 Å². The third kappa shape index (κ3) is 3.41. The molecular weight excluding hydrogens is 260 g/mol. The van der Waals surface area contributed by atoms with Gasteiger partial charge in [-0.3, -0.25) is 4.79 Å². The Morgan fingerprint density at radius 1 is 1.37 bits per heavy atom. The van der Waals surface area contributed by atoms with Gasteiger partial charge in [0.05, 0.1) is 6.61 Å². The molecule has 0 aliphatic rings. The molecule has 0 fully saturated rings. The van der Waals surface area contributed by atoms with Crippen LogP contribution in [0.4, 0.5) is 5.69 Å². The maximum absolute atomic E-state index is 12.1. The zero-order valence-corrected chi connectivity index (χ0v) is 11.4. The molecule has 5 heteroatoms. The summed E-state index contributed by atoms with van der Waals surface area (Å²) >= 11 is 1.47. The topological polar surface area (TPSA) is 64.3 Å². The van der Waals surface area contributed by atoms with Gasteiger partial charge < -0.3 is 15.8 Å². The van der Waals surface area contributed by atoms with Crippen molar-refractivity contribution in [2.45, 2.75) is 12.6 Å². The number of amides is 1. The Labute approximate surface area is 116 Å². The summed E-state index contributed by atoms with van der Waals surface area (Å²) in [5.41, 5.74) is 7.59. The molecule has 2 aromatic rings. The van der Waals surface area contributed by atoms with Gasteiger partial charge in [0.15, 0.2) is 0 Å². The predicted molar refractivity (Wildman–Crippen MR) is 77.0 cm³/mol. The molecule has 4 nitrogen and oxygen atoms in total. The van der Waals surface area contributed by atoms with E-state index < -0.39 is 6.04 Å². The first-order valence-electron chi connectivity index (χ1n) is 5.89. The summed E-state index contributed by atoms with van der Waals surface area (Å²) in [4.78, 5) is 12.9. The van der Waals surface area contributed by atoms with Gasteiger partial charge in [-0.05, 0) is 17.5 Å². The lowest BCUT2D eigenvalue weighted by Gasteiger charge is -2.13. The average Bonchev–Trinajstić information content (AvgIpc) is 2.94. The summed E-state index contributed by atoms with van der Waals surface area (Å²) < 4.78 is 5.10. The normalized spacial score (nSPS) is 12.1. The van der Waals surface area contributed by atoms with E-state index >= 15 is 0 Å². The van der Waals surface area contributed by atoms with Gasteiger partial charge in [0.1, 0.15) is 6.04 Å². The van der Waals surface area contributed by atoms with Crippen LogP contribution in [0.15, 0.2) is 41.8 Å². The van der Waals surface area contributed by atoms with Crippen LogP contribution < -0.4 is 11.1 Å². The van der Waals surface area contributed by atoms with Crippen LogP contribution in [0.1, 0.15) is 16.5 Å². The van der Waals surface area contributed by atoms with Crippen molar-refractivity contribution in [2.24, 2.45) is 5.73 Å². The van der Waals surface area contributed by atoms with E-state index in [1.165, 1.54) is 11.3 Å². The summed E-state index contributed by atoms with van der Waals surface area (Å²) in [6, 6.07) is 10.6. The van der Waals surface area contributed by atoms with Crippen LogP contribution in [0.25, 0.3) is 0 Å². The number of rotatable bonds is 5. The molecule has 0 bridgehead atoms. The van der Waals surface area contributed by atoms with Crippen molar-refractivity contribution in [3.05, 3.63) is 52.2 Å². The first-order valence-corrected chi connectivity index (χ1v) is 6.77. The molecule has 2 rings (SSSR count). The Morgan fingerprint density at radius 3 is 2.84 bits per heavy atom. The second kappa shape index (κ2) is 6.47. The molecule has 1 atom stereocenters. The van der Waals surface area contributed by atoms with Crippen molar-refractivity contribution in [1.29, 1.82) is 0 Å². The number of para-hydroxylation sites is 1. The smallest absolute Gasteiger partial charge is 0.246 e. The Hall–Kier alpha value is -1.69. The van der Waals surface area contributed by atoms with Gasteiger partial charge in [-0.2, -0.15) is 0 Å². The number of hydrogen-bond acceptors (Lipinski definition) is 4. The van der Waals surface area contributed by atoms with E-state index in [1.807, 2.05) is 41.8 Å².